The van der Waals surface area contributed by atoms with Gasteiger partial charge in [0.1, 0.15) is 0 Å². The lowest BCUT2D eigenvalue weighted by Gasteiger charge is -2.08. The molecule has 5 heteroatoms. The first-order chi connectivity index (χ1) is 11.7. The monoisotopic (exact) mass is 312 g/mol. The number of hydrogen-bond acceptors (Lipinski definition) is 3. The van der Waals surface area contributed by atoms with Crippen LogP contribution in [0.1, 0.15) is 5.56 Å². The van der Waals surface area contributed by atoms with Crippen LogP contribution < -0.4 is 5.46 Å². The topological polar surface area (TPSA) is 69.2 Å². The van der Waals surface area contributed by atoms with Crippen LogP contribution in [0.25, 0.3) is 27.5 Å². The molecular weight excluding hydrogens is 299 g/mol. The third-order valence-electron chi connectivity index (χ3n) is 4.25. The molecule has 0 bridgehead atoms. The number of nitriles is 1. The molecule has 1 aromatic heterocycles. The van der Waals surface area contributed by atoms with Crippen LogP contribution in [-0.2, 0) is 0 Å². The van der Waals surface area contributed by atoms with E-state index in [0.29, 0.717) is 11.0 Å². The zero-order valence-corrected chi connectivity index (χ0v) is 12.7. The van der Waals surface area contributed by atoms with Gasteiger partial charge in [-0.1, -0.05) is 30.3 Å². The van der Waals surface area contributed by atoms with Gasteiger partial charge < -0.3 is 14.6 Å². The van der Waals surface area contributed by atoms with Crippen LogP contribution in [0.15, 0.2) is 66.7 Å². The number of hydrogen-bond donors (Lipinski definition) is 2. The minimum atomic E-state index is -1.49. The van der Waals surface area contributed by atoms with E-state index in [1.54, 1.807) is 18.2 Å². The number of nitrogens with zero attached hydrogens (tertiary/aromatic N) is 2. The molecule has 24 heavy (non-hydrogen) atoms. The molecule has 1 heterocycles. The zero-order chi connectivity index (χ0) is 16.7. The molecule has 0 aliphatic heterocycles. The molecule has 0 aliphatic rings. The van der Waals surface area contributed by atoms with Crippen molar-refractivity contribution >= 4 is 34.4 Å². The molecule has 0 fully saturated rings. The summed E-state index contributed by atoms with van der Waals surface area (Å²) in [5.41, 5.74) is 4.04. The Morgan fingerprint density at radius 3 is 2.25 bits per heavy atom. The fourth-order valence-corrected chi connectivity index (χ4v) is 3.11. The molecule has 3 aromatic carbocycles. The molecular formula is C19H13BN2O2. The normalized spacial score (nSPS) is 10.9. The molecule has 4 nitrogen and oxygen atoms in total. The molecule has 0 amide bonds. The minimum absolute atomic E-state index is 0.463. The molecule has 4 rings (SSSR count). The van der Waals surface area contributed by atoms with E-state index in [1.807, 2.05) is 48.5 Å². The summed E-state index contributed by atoms with van der Waals surface area (Å²) in [4.78, 5) is 0. The average molecular weight is 312 g/mol. The summed E-state index contributed by atoms with van der Waals surface area (Å²) in [6, 6.07) is 23.0. The van der Waals surface area contributed by atoms with Gasteiger partial charge >= 0.3 is 7.12 Å². The SMILES string of the molecule is N#Cc1ccc(-n2c3ccccc3c3cc(B(O)O)ccc32)cc1. The number of para-hydroxylation sites is 1. The number of rotatable bonds is 2. The summed E-state index contributed by atoms with van der Waals surface area (Å²) in [7, 11) is -1.49. The van der Waals surface area contributed by atoms with E-state index in [1.165, 1.54) is 0 Å². The van der Waals surface area contributed by atoms with Gasteiger partial charge in [0.25, 0.3) is 0 Å². The lowest BCUT2D eigenvalue weighted by atomic mass is 9.80. The van der Waals surface area contributed by atoms with Gasteiger partial charge in [-0.15, -0.1) is 0 Å². The van der Waals surface area contributed by atoms with Gasteiger partial charge in [-0.2, -0.15) is 5.26 Å². The van der Waals surface area contributed by atoms with Crippen molar-refractivity contribution in [2.45, 2.75) is 0 Å². The lowest BCUT2D eigenvalue weighted by molar-refractivity contribution is 0.426. The Labute approximate surface area is 139 Å². The van der Waals surface area contributed by atoms with Crippen molar-refractivity contribution in [3.63, 3.8) is 0 Å². The summed E-state index contributed by atoms with van der Waals surface area (Å²) in [6.07, 6.45) is 0. The van der Waals surface area contributed by atoms with Crippen molar-refractivity contribution in [2.75, 3.05) is 0 Å². The van der Waals surface area contributed by atoms with Crippen molar-refractivity contribution in [2.24, 2.45) is 0 Å². The molecule has 0 saturated carbocycles. The fourth-order valence-electron chi connectivity index (χ4n) is 3.11. The van der Waals surface area contributed by atoms with E-state index in [0.717, 1.165) is 27.5 Å². The van der Waals surface area contributed by atoms with Crippen LogP contribution in [-0.4, -0.2) is 21.7 Å². The van der Waals surface area contributed by atoms with Gasteiger partial charge in [-0.3, -0.25) is 0 Å². The number of fused-ring (bicyclic) bond motifs is 3. The van der Waals surface area contributed by atoms with Crippen LogP contribution in [0.3, 0.4) is 0 Å². The van der Waals surface area contributed by atoms with Gasteiger partial charge in [0.05, 0.1) is 22.7 Å². The van der Waals surface area contributed by atoms with Gasteiger partial charge in [0.15, 0.2) is 0 Å². The van der Waals surface area contributed by atoms with Crippen LogP contribution in [0.2, 0.25) is 0 Å². The highest BCUT2D eigenvalue weighted by Gasteiger charge is 2.16. The smallest absolute Gasteiger partial charge is 0.423 e. The predicted octanol–water partition coefficient (Wildman–Crippen LogP) is 2.34. The van der Waals surface area contributed by atoms with E-state index >= 15 is 0 Å². The first kappa shape index (κ1) is 14.5. The van der Waals surface area contributed by atoms with Crippen molar-refractivity contribution in [1.82, 2.24) is 4.57 Å². The molecule has 0 radical (unpaired) electrons. The largest absolute Gasteiger partial charge is 0.488 e. The van der Waals surface area contributed by atoms with Crippen molar-refractivity contribution in [1.29, 1.82) is 5.26 Å². The molecule has 114 valence electrons. The minimum Gasteiger partial charge on any atom is -0.423 e. The number of aromatic nitrogens is 1. The van der Waals surface area contributed by atoms with Gasteiger partial charge in [-0.05, 0) is 41.9 Å². The Morgan fingerprint density at radius 2 is 1.54 bits per heavy atom. The maximum Gasteiger partial charge on any atom is 0.488 e. The number of benzene rings is 3. The Hall–Kier alpha value is -3.07. The molecule has 0 aliphatic carbocycles. The van der Waals surface area contributed by atoms with Gasteiger partial charge in [-0.25, -0.2) is 0 Å². The molecule has 2 N–H and O–H groups in total. The van der Waals surface area contributed by atoms with Crippen LogP contribution >= 0.6 is 0 Å². The third kappa shape index (κ3) is 2.17. The van der Waals surface area contributed by atoms with E-state index in [4.69, 9.17) is 5.26 Å². The first-order valence-corrected chi connectivity index (χ1v) is 7.59. The van der Waals surface area contributed by atoms with Crippen molar-refractivity contribution < 1.29 is 10.0 Å². The Balaban J connectivity index is 2.07. The third-order valence-corrected chi connectivity index (χ3v) is 4.25. The summed E-state index contributed by atoms with van der Waals surface area (Å²) in [5.74, 6) is 0. The van der Waals surface area contributed by atoms with Gasteiger partial charge in [0.2, 0.25) is 0 Å². The van der Waals surface area contributed by atoms with Crippen molar-refractivity contribution in [3.8, 4) is 11.8 Å². The quantitative estimate of drug-likeness (QED) is 0.558. The van der Waals surface area contributed by atoms with Crippen molar-refractivity contribution in [3.05, 3.63) is 72.3 Å². The van der Waals surface area contributed by atoms with E-state index in [-0.39, 0.29) is 0 Å². The second kappa shape index (κ2) is 5.53. The van der Waals surface area contributed by atoms with E-state index < -0.39 is 7.12 Å². The summed E-state index contributed by atoms with van der Waals surface area (Å²) < 4.78 is 2.11. The highest BCUT2D eigenvalue weighted by Crippen LogP contribution is 2.31. The molecule has 0 saturated heterocycles. The standard InChI is InChI=1S/C19H13BN2O2/c21-12-13-5-8-15(9-6-13)22-18-4-2-1-3-16(18)17-11-14(20(23)24)7-10-19(17)22/h1-11,23-24H. The second-order valence-electron chi connectivity index (χ2n) is 5.66. The van der Waals surface area contributed by atoms with Crippen LogP contribution in [0.4, 0.5) is 0 Å². The Morgan fingerprint density at radius 1 is 0.833 bits per heavy atom. The van der Waals surface area contributed by atoms with E-state index in [9.17, 15) is 10.0 Å². The van der Waals surface area contributed by atoms with Crippen LogP contribution in [0, 0.1) is 11.3 Å². The highest BCUT2D eigenvalue weighted by atomic mass is 16.4. The zero-order valence-electron chi connectivity index (χ0n) is 12.7. The summed E-state index contributed by atoms with van der Waals surface area (Å²) >= 11 is 0. The maximum absolute atomic E-state index is 9.45. The molecule has 0 unspecified atom stereocenters. The van der Waals surface area contributed by atoms with E-state index in [2.05, 4.69) is 10.6 Å². The molecule has 0 atom stereocenters. The Bertz CT molecular complexity index is 1090. The maximum atomic E-state index is 9.45. The van der Waals surface area contributed by atoms with Gasteiger partial charge in [0, 0.05) is 16.5 Å². The fraction of sp³-hybridized carbons (Fsp3) is 0. The summed E-state index contributed by atoms with van der Waals surface area (Å²) in [5, 5.41) is 29.9. The van der Waals surface area contributed by atoms with Crippen LogP contribution in [0.5, 0.6) is 0 Å². The first-order valence-electron chi connectivity index (χ1n) is 7.59. The predicted molar refractivity (Wildman–Crippen MR) is 95.3 cm³/mol. The summed E-state index contributed by atoms with van der Waals surface area (Å²) in [6.45, 7) is 0. The second-order valence-corrected chi connectivity index (χ2v) is 5.66. The Kier molecular flexibility index (Phi) is 3.35. The highest BCUT2D eigenvalue weighted by molar-refractivity contribution is 6.59. The average Bonchev–Trinajstić information content (AvgIpc) is 2.95. The lowest BCUT2D eigenvalue weighted by Crippen LogP contribution is -2.29. The molecule has 0 spiro atoms. The molecule has 4 aromatic rings.